The minimum absolute atomic E-state index is 0.0694. The minimum atomic E-state index is -0.941. The number of hydrogen-bond donors (Lipinski definition) is 2. The Morgan fingerprint density at radius 1 is 1.00 bits per heavy atom. The van der Waals surface area contributed by atoms with Crippen molar-refractivity contribution in [2.24, 2.45) is 11.7 Å². The average molecular weight is 283 g/mol. The summed E-state index contributed by atoms with van der Waals surface area (Å²) in [5, 5.41) is 9.30. The summed E-state index contributed by atoms with van der Waals surface area (Å²) in [5.41, 5.74) is 9.28. The summed E-state index contributed by atoms with van der Waals surface area (Å²) in [6.07, 6.45) is -0.459. The molecule has 2 rings (SSSR count). The van der Waals surface area contributed by atoms with Gasteiger partial charge in [-0.3, -0.25) is 4.79 Å². The molecule has 0 amide bonds. The number of aliphatic hydroxyl groups excluding tert-OH is 1. The van der Waals surface area contributed by atoms with Crippen molar-refractivity contribution < 1.29 is 9.90 Å². The summed E-state index contributed by atoms with van der Waals surface area (Å²) in [6.45, 7) is 3.84. The molecule has 0 aromatic heterocycles. The van der Waals surface area contributed by atoms with Crippen LogP contribution in [0.5, 0.6) is 0 Å². The Labute approximate surface area is 125 Å². The highest BCUT2D eigenvalue weighted by Crippen LogP contribution is 2.22. The summed E-state index contributed by atoms with van der Waals surface area (Å²) in [6, 6.07) is 15.5. The van der Waals surface area contributed by atoms with E-state index in [1.54, 1.807) is 0 Å². The Balaban J connectivity index is 2.13. The van der Waals surface area contributed by atoms with Gasteiger partial charge in [0.1, 0.15) is 12.0 Å². The van der Waals surface area contributed by atoms with Crippen molar-refractivity contribution >= 4 is 5.78 Å². The second kappa shape index (κ2) is 6.66. The first-order valence-electron chi connectivity index (χ1n) is 7.13. The van der Waals surface area contributed by atoms with Crippen LogP contribution in [0.15, 0.2) is 48.5 Å². The van der Waals surface area contributed by atoms with Gasteiger partial charge in [0, 0.05) is 12.3 Å². The van der Waals surface area contributed by atoms with Crippen molar-refractivity contribution in [3.8, 4) is 11.1 Å². The normalized spacial score (nSPS) is 12.4. The Morgan fingerprint density at radius 2 is 1.48 bits per heavy atom. The lowest BCUT2D eigenvalue weighted by atomic mass is 9.98. The van der Waals surface area contributed by atoms with Crippen LogP contribution in [0, 0.1) is 5.92 Å². The predicted octanol–water partition coefficient (Wildman–Crippen LogP) is 3.07. The first kappa shape index (κ1) is 15.4. The van der Waals surface area contributed by atoms with Gasteiger partial charge >= 0.3 is 0 Å². The van der Waals surface area contributed by atoms with Crippen LogP contribution >= 0.6 is 0 Å². The highest BCUT2D eigenvalue weighted by atomic mass is 16.3. The van der Waals surface area contributed by atoms with Crippen LogP contribution in [0.3, 0.4) is 0 Å². The summed E-state index contributed by atoms with van der Waals surface area (Å²) in [5.74, 6) is 0.323. The molecule has 0 bridgehead atoms. The molecule has 3 heteroatoms. The predicted molar refractivity (Wildman–Crippen MR) is 84.6 cm³/mol. The van der Waals surface area contributed by atoms with Crippen LogP contribution in [-0.2, 0) is 11.2 Å². The molecule has 3 nitrogen and oxygen atoms in total. The Bertz CT molecular complexity index is 598. The molecule has 3 N–H and O–H groups in total. The van der Waals surface area contributed by atoms with Crippen molar-refractivity contribution in [2.45, 2.75) is 26.5 Å². The van der Waals surface area contributed by atoms with E-state index in [4.69, 9.17) is 5.73 Å². The highest BCUT2D eigenvalue weighted by molar-refractivity contribution is 5.82. The van der Waals surface area contributed by atoms with Gasteiger partial charge in [0.2, 0.25) is 0 Å². The van der Waals surface area contributed by atoms with Gasteiger partial charge in [-0.15, -0.1) is 0 Å². The van der Waals surface area contributed by atoms with Crippen molar-refractivity contribution in [1.29, 1.82) is 0 Å². The van der Waals surface area contributed by atoms with Crippen LogP contribution in [0.2, 0.25) is 0 Å². The average Bonchev–Trinajstić information content (AvgIpc) is 2.48. The van der Waals surface area contributed by atoms with E-state index in [0.29, 0.717) is 12.0 Å². The molecular formula is C18H21NO2. The zero-order chi connectivity index (χ0) is 15.4. The van der Waals surface area contributed by atoms with E-state index in [1.807, 2.05) is 62.4 Å². The maximum atomic E-state index is 11.7. The standard InChI is InChI=1S/C18H21NO2/c1-12(2)17(20)11-13-3-5-14(6-4-13)15-7-9-16(10-8-15)18(19)21/h3-10,12,18,21H,11,19H2,1-2H3. The summed E-state index contributed by atoms with van der Waals surface area (Å²) < 4.78 is 0. The molecular weight excluding hydrogens is 262 g/mol. The van der Waals surface area contributed by atoms with E-state index < -0.39 is 6.23 Å². The molecule has 21 heavy (non-hydrogen) atoms. The van der Waals surface area contributed by atoms with E-state index in [-0.39, 0.29) is 11.7 Å². The third-order valence-electron chi connectivity index (χ3n) is 3.56. The summed E-state index contributed by atoms with van der Waals surface area (Å²) >= 11 is 0. The molecule has 0 saturated heterocycles. The zero-order valence-electron chi connectivity index (χ0n) is 12.4. The number of ketones is 1. The van der Waals surface area contributed by atoms with E-state index in [0.717, 1.165) is 16.7 Å². The Hall–Kier alpha value is -1.97. The third-order valence-corrected chi connectivity index (χ3v) is 3.56. The van der Waals surface area contributed by atoms with E-state index in [2.05, 4.69) is 0 Å². The second-order valence-corrected chi connectivity index (χ2v) is 5.56. The fraction of sp³-hybridized carbons (Fsp3) is 0.278. The van der Waals surface area contributed by atoms with Gasteiger partial charge in [-0.25, -0.2) is 0 Å². The lowest BCUT2D eigenvalue weighted by Crippen LogP contribution is -2.09. The molecule has 0 spiro atoms. The number of carbonyl (C=O) groups excluding carboxylic acids is 1. The quantitative estimate of drug-likeness (QED) is 0.829. The Morgan fingerprint density at radius 3 is 1.90 bits per heavy atom. The fourth-order valence-electron chi connectivity index (χ4n) is 2.09. The molecule has 0 heterocycles. The van der Waals surface area contributed by atoms with Gasteiger partial charge in [0.05, 0.1) is 0 Å². The van der Waals surface area contributed by atoms with Crippen molar-refractivity contribution in [3.05, 3.63) is 59.7 Å². The van der Waals surface area contributed by atoms with Crippen LogP contribution in [0.4, 0.5) is 0 Å². The fourth-order valence-corrected chi connectivity index (χ4v) is 2.09. The second-order valence-electron chi connectivity index (χ2n) is 5.56. The highest BCUT2D eigenvalue weighted by Gasteiger charge is 2.08. The maximum Gasteiger partial charge on any atom is 0.139 e. The number of rotatable bonds is 5. The molecule has 0 aliphatic rings. The molecule has 0 saturated carbocycles. The minimum Gasteiger partial charge on any atom is -0.375 e. The van der Waals surface area contributed by atoms with Crippen LogP contribution in [0.25, 0.3) is 11.1 Å². The lowest BCUT2D eigenvalue weighted by molar-refractivity contribution is -0.121. The van der Waals surface area contributed by atoms with Gasteiger partial charge < -0.3 is 10.8 Å². The number of benzene rings is 2. The molecule has 0 fully saturated rings. The number of Topliss-reactive ketones (excluding diaryl/α,β-unsaturated/α-hetero) is 1. The van der Waals surface area contributed by atoms with E-state index in [1.165, 1.54) is 0 Å². The zero-order valence-corrected chi connectivity index (χ0v) is 12.4. The van der Waals surface area contributed by atoms with Crippen LogP contribution < -0.4 is 5.73 Å². The summed E-state index contributed by atoms with van der Waals surface area (Å²) in [7, 11) is 0. The number of carbonyl (C=O) groups is 1. The smallest absolute Gasteiger partial charge is 0.139 e. The molecule has 2 aromatic carbocycles. The molecule has 2 aromatic rings. The number of aliphatic hydroxyl groups is 1. The molecule has 1 unspecified atom stereocenters. The topological polar surface area (TPSA) is 63.3 Å². The maximum absolute atomic E-state index is 11.7. The number of hydrogen-bond acceptors (Lipinski definition) is 3. The molecule has 110 valence electrons. The van der Waals surface area contributed by atoms with Gasteiger partial charge in [0.25, 0.3) is 0 Å². The molecule has 1 atom stereocenters. The first-order valence-corrected chi connectivity index (χ1v) is 7.13. The van der Waals surface area contributed by atoms with Crippen molar-refractivity contribution in [2.75, 3.05) is 0 Å². The van der Waals surface area contributed by atoms with Crippen molar-refractivity contribution in [3.63, 3.8) is 0 Å². The SMILES string of the molecule is CC(C)C(=O)Cc1ccc(-c2ccc(C(N)O)cc2)cc1. The van der Waals surface area contributed by atoms with E-state index in [9.17, 15) is 9.90 Å². The summed E-state index contributed by atoms with van der Waals surface area (Å²) in [4.78, 5) is 11.7. The van der Waals surface area contributed by atoms with Gasteiger partial charge in [-0.1, -0.05) is 62.4 Å². The molecule has 0 aliphatic heterocycles. The lowest BCUT2D eigenvalue weighted by Gasteiger charge is -2.08. The monoisotopic (exact) mass is 283 g/mol. The van der Waals surface area contributed by atoms with Gasteiger partial charge in [-0.2, -0.15) is 0 Å². The first-order chi connectivity index (χ1) is 9.97. The van der Waals surface area contributed by atoms with Crippen molar-refractivity contribution in [1.82, 2.24) is 0 Å². The number of nitrogens with two attached hydrogens (primary N) is 1. The van der Waals surface area contributed by atoms with Gasteiger partial charge in [0.15, 0.2) is 0 Å². The van der Waals surface area contributed by atoms with Crippen LogP contribution in [-0.4, -0.2) is 10.9 Å². The third kappa shape index (κ3) is 4.00. The molecule has 0 aliphatic carbocycles. The Kier molecular flexibility index (Phi) is 4.89. The van der Waals surface area contributed by atoms with Gasteiger partial charge in [-0.05, 0) is 22.3 Å². The van der Waals surface area contributed by atoms with Crippen LogP contribution in [0.1, 0.15) is 31.2 Å². The largest absolute Gasteiger partial charge is 0.375 e. The molecule has 0 radical (unpaired) electrons. The van der Waals surface area contributed by atoms with E-state index >= 15 is 0 Å².